The second kappa shape index (κ2) is 11.1. The third-order valence-corrected chi connectivity index (χ3v) is 6.46. The van der Waals surface area contributed by atoms with Crippen LogP contribution < -0.4 is 14.2 Å². The summed E-state index contributed by atoms with van der Waals surface area (Å²) < 4.78 is 17.4. The van der Waals surface area contributed by atoms with Crippen LogP contribution in [0.5, 0.6) is 17.2 Å². The summed E-state index contributed by atoms with van der Waals surface area (Å²) in [7, 11) is 1.68. The molecule has 184 valence electrons. The predicted molar refractivity (Wildman–Crippen MR) is 146 cm³/mol. The van der Waals surface area contributed by atoms with Crippen LogP contribution in [0.15, 0.2) is 97.1 Å². The highest BCUT2D eigenvalue weighted by Crippen LogP contribution is 2.34. The summed E-state index contributed by atoms with van der Waals surface area (Å²) in [4.78, 5) is 0. The van der Waals surface area contributed by atoms with Crippen molar-refractivity contribution in [2.24, 2.45) is 0 Å². The number of hydrogen-bond acceptors (Lipinski definition) is 4. The van der Waals surface area contributed by atoms with Crippen LogP contribution in [0, 0.1) is 5.41 Å². The molecule has 4 aromatic carbocycles. The van der Waals surface area contributed by atoms with Crippen LogP contribution in [-0.4, -0.2) is 12.8 Å². The highest BCUT2D eigenvalue weighted by Gasteiger charge is 2.23. The minimum absolute atomic E-state index is 0.168. The van der Waals surface area contributed by atoms with Crippen molar-refractivity contribution in [3.05, 3.63) is 125 Å². The van der Waals surface area contributed by atoms with Crippen LogP contribution in [0.3, 0.4) is 0 Å². The quantitative estimate of drug-likeness (QED) is 0.239. The van der Waals surface area contributed by atoms with Gasteiger partial charge in [0.15, 0.2) is 0 Å². The highest BCUT2D eigenvalue weighted by atomic mass is 16.5. The SMILES string of the molecule is COc1ccc(C(C)(C)c2cccc(OCc3cccc(COc4ccc(C(C)=N)cc4)c3)c2)cc1. The Balaban J connectivity index is 1.38. The maximum atomic E-state index is 7.71. The maximum Gasteiger partial charge on any atom is 0.120 e. The van der Waals surface area contributed by atoms with Gasteiger partial charge in [-0.25, -0.2) is 0 Å². The molecule has 0 unspecified atom stereocenters. The Morgan fingerprint density at radius 3 is 1.86 bits per heavy atom. The molecule has 0 aliphatic rings. The number of hydrogen-bond donors (Lipinski definition) is 1. The van der Waals surface area contributed by atoms with Gasteiger partial charge in [0.25, 0.3) is 0 Å². The van der Waals surface area contributed by atoms with E-state index in [9.17, 15) is 0 Å². The van der Waals surface area contributed by atoms with Gasteiger partial charge in [0, 0.05) is 11.1 Å². The first kappa shape index (κ1) is 25.1. The molecule has 0 saturated heterocycles. The lowest BCUT2D eigenvalue weighted by atomic mass is 9.78. The van der Waals surface area contributed by atoms with E-state index in [1.54, 1.807) is 14.0 Å². The molecule has 4 rings (SSSR count). The summed E-state index contributed by atoms with van der Waals surface area (Å²) in [5.74, 6) is 2.49. The smallest absolute Gasteiger partial charge is 0.120 e. The van der Waals surface area contributed by atoms with E-state index in [0.29, 0.717) is 18.9 Å². The zero-order chi connectivity index (χ0) is 25.5. The van der Waals surface area contributed by atoms with Crippen molar-refractivity contribution in [1.29, 1.82) is 5.41 Å². The molecular weight excluding hydrogens is 446 g/mol. The molecule has 0 amide bonds. The Hall–Kier alpha value is -4.05. The molecule has 0 aliphatic carbocycles. The van der Waals surface area contributed by atoms with Gasteiger partial charge in [0.05, 0.1) is 7.11 Å². The van der Waals surface area contributed by atoms with Gasteiger partial charge < -0.3 is 19.6 Å². The van der Waals surface area contributed by atoms with E-state index in [4.69, 9.17) is 19.6 Å². The lowest BCUT2D eigenvalue weighted by Crippen LogP contribution is -2.18. The summed E-state index contributed by atoms with van der Waals surface area (Å²) in [6, 6.07) is 32.4. The molecule has 0 aromatic heterocycles. The van der Waals surface area contributed by atoms with Crippen molar-refractivity contribution in [2.75, 3.05) is 7.11 Å². The van der Waals surface area contributed by atoms with Crippen molar-refractivity contribution < 1.29 is 14.2 Å². The molecule has 0 heterocycles. The summed E-state index contributed by atoms with van der Waals surface area (Å²) in [6.45, 7) is 7.17. The van der Waals surface area contributed by atoms with Crippen molar-refractivity contribution in [1.82, 2.24) is 0 Å². The second-order valence-corrected chi connectivity index (χ2v) is 9.43. The van der Waals surface area contributed by atoms with E-state index in [-0.39, 0.29) is 5.41 Å². The third kappa shape index (κ3) is 6.14. The Labute approximate surface area is 214 Å². The minimum Gasteiger partial charge on any atom is -0.497 e. The standard InChI is InChI=1S/C32H33NO3/c1-23(33)26-11-15-30(16-12-26)35-21-24-7-5-8-25(19-24)22-36-31-10-6-9-28(20-31)32(2,3)27-13-17-29(34-4)18-14-27/h5-20,33H,21-22H2,1-4H3. The van der Waals surface area contributed by atoms with Crippen LogP contribution >= 0.6 is 0 Å². The van der Waals surface area contributed by atoms with Crippen molar-refractivity contribution in [3.63, 3.8) is 0 Å². The molecular formula is C32H33NO3. The number of ether oxygens (including phenoxy) is 3. The second-order valence-electron chi connectivity index (χ2n) is 9.43. The zero-order valence-electron chi connectivity index (χ0n) is 21.4. The van der Waals surface area contributed by atoms with E-state index in [0.717, 1.165) is 33.9 Å². The minimum atomic E-state index is -0.168. The molecule has 0 saturated carbocycles. The van der Waals surface area contributed by atoms with Crippen LogP contribution in [0.4, 0.5) is 0 Å². The zero-order valence-corrected chi connectivity index (χ0v) is 21.4. The van der Waals surface area contributed by atoms with E-state index in [2.05, 4.69) is 56.3 Å². The Kier molecular flexibility index (Phi) is 7.74. The van der Waals surface area contributed by atoms with E-state index in [1.807, 2.05) is 54.6 Å². The molecule has 0 spiro atoms. The summed E-state index contributed by atoms with van der Waals surface area (Å²) in [6.07, 6.45) is 0. The number of nitrogens with one attached hydrogen (secondary N) is 1. The van der Waals surface area contributed by atoms with Gasteiger partial charge in [-0.15, -0.1) is 0 Å². The Morgan fingerprint density at radius 2 is 1.25 bits per heavy atom. The van der Waals surface area contributed by atoms with E-state index < -0.39 is 0 Å². The fourth-order valence-electron chi connectivity index (χ4n) is 4.09. The monoisotopic (exact) mass is 479 g/mol. The van der Waals surface area contributed by atoms with Gasteiger partial charge in [-0.1, -0.05) is 56.3 Å². The molecule has 0 aliphatic heterocycles. The van der Waals surface area contributed by atoms with Crippen molar-refractivity contribution in [2.45, 2.75) is 39.4 Å². The van der Waals surface area contributed by atoms with Gasteiger partial charge in [-0.3, -0.25) is 0 Å². The fraction of sp³-hybridized carbons (Fsp3) is 0.219. The molecule has 0 fully saturated rings. The average molecular weight is 480 g/mol. The number of benzene rings is 4. The van der Waals surface area contributed by atoms with Crippen LogP contribution in [-0.2, 0) is 18.6 Å². The maximum absolute atomic E-state index is 7.71. The lowest BCUT2D eigenvalue weighted by molar-refractivity contribution is 0.299. The average Bonchev–Trinajstić information content (AvgIpc) is 2.91. The first-order valence-electron chi connectivity index (χ1n) is 12.1. The largest absolute Gasteiger partial charge is 0.497 e. The van der Waals surface area contributed by atoms with Crippen molar-refractivity contribution >= 4 is 5.71 Å². The molecule has 4 nitrogen and oxygen atoms in total. The number of methoxy groups -OCH3 is 1. The predicted octanol–water partition coefficient (Wildman–Crippen LogP) is 7.57. The van der Waals surface area contributed by atoms with Crippen LogP contribution in [0.25, 0.3) is 0 Å². The number of rotatable bonds is 10. The van der Waals surface area contributed by atoms with Gasteiger partial charge in [-0.05, 0) is 89.3 Å². The van der Waals surface area contributed by atoms with Gasteiger partial charge in [-0.2, -0.15) is 0 Å². The fourth-order valence-corrected chi connectivity index (χ4v) is 4.09. The third-order valence-electron chi connectivity index (χ3n) is 6.46. The summed E-state index contributed by atoms with van der Waals surface area (Å²) in [5, 5.41) is 7.71. The molecule has 0 radical (unpaired) electrons. The topological polar surface area (TPSA) is 51.5 Å². The van der Waals surface area contributed by atoms with Crippen LogP contribution in [0.2, 0.25) is 0 Å². The molecule has 36 heavy (non-hydrogen) atoms. The van der Waals surface area contributed by atoms with Crippen LogP contribution in [0.1, 0.15) is 48.6 Å². The molecule has 4 aromatic rings. The molecule has 1 N–H and O–H groups in total. The van der Waals surface area contributed by atoms with E-state index in [1.165, 1.54) is 11.1 Å². The molecule has 0 atom stereocenters. The van der Waals surface area contributed by atoms with Gasteiger partial charge >= 0.3 is 0 Å². The highest BCUT2D eigenvalue weighted by molar-refractivity contribution is 5.96. The summed E-state index contributed by atoms with van der Waals surface area (Å²) >= 11 is 0. The summed E-state index contributed by atoms with van der Waals surface area (Å²) in [5.41, 5.74) is 5.86. The molecule has 4 heteroatoms. The Morgan fingerprint density at radius 1 is 0.667 bits per heavy atom. The first-order chi connectivity index (χ1) is 17.3. The van der Waals surface area contributed by atoms with Crippen molar-refractivity contribution in [3.8, 4) is 17.2 Å². The van der Waals surface area contributed by atoms with E-state index >= 15 is 0 Å². The first-order valence-corrected chi connectivity index (χ1v) is 12.1. The van der Waals surface area contributed by atoms with Gasteiger partial charge in [0.2, 0.25) is 0 Å². The normalized spacial score (nSPS) is 11.1. The Bertz CT molecular complexity index is 1310. The lowest BCUT2D eigenvalue weighted by Gasteiger charge is -2.26. The van der Waals surface area contributed by atoms with Gasteiger partial charge in [0.1, 0.15) is 30.5 Å². The molecule has 0 bridgehead atoms.